The SMILES string of the molecule is COC(=O)C(CCSC)NC(=O)Nc1ccccc1. The van der Waals surface area contributed by atoms with Crippen molar-refractivity contribution in [2.24, 2.45) is 0 Å². The molecule has 1 aromatic rings. The summed E-state index contributed by atoms with van der Waals surface area (Å²) in [6, 6.07) is 8.01. The van der Waals surface area contributed by atoms with Crippen molar-refractivity contribution in [3.63, 3.8) is 0 Å². The molecule has 0 aliphatic carbocycles. The minimum Gasteiger partial charge on any atom is -0.467 e. The van der Waals surface area contributed by atoms with Crippen molar-refractivity contribution in [1.82, 2.24) is 5.32 Å². The number of amides is 2. The predicted octanol–water partition coefficient (Wildman–Crippen LogP) is 2.10. The molecule has 6 heteroatoms. The van der Waals surface area contributed by atoms with E-state index in [2.05, 4.69) is 15.4 Å². The Kier molecular flexibility index (Phi) is 6.81. The Morgan fingerprint density at radius 3 is 2.58 bits per heavy atom. The average molecular weight is 282 g/mol. The highest BCUT2D eigenvalue weighted by atomic mass is 32.2. The Morgan fingerprint density at radius 2 is 2.00 bits per heavy atom. The van der Waals surface area contributed by atoms with Gasteiger partial charge < -0.3 is 15.4 Å². The first-order valence-corrected chi connectivity index (χ1v) is 7.26. The summed E-state index contributed by atoms with van der Waals surface area (Å²) in [4.78, 5) is 23.3. The second-order valence-electron chi connectivity index (χ2n) is 3.82. The highest BCUT2D eigenvalue weighted by Gasteiger charge is 2.20. The molecule has 1 unspecified atom stereocenters. The molecule has 1 rings (SSSR count). The lowest BCUT2D eigenvalue weighted by atomic mass is 10.2. The smallest absolute Gasteiger partial charge is 0.328 e. The van der Waals surface area contributed by atoms with E-state index in [0.29, 0.717) is 12.1 Å². The molecule has 5 nitrogen and oxygen atoms in total. The van der Waals surface area contributed by atoms with Crippen LogP contribution in [0.1, 0.15) is 6.42 Å². The summed E-state index contributed by atoms with van der Waals surface area (Å²) in [5.41, 5.74) is 0.675. The van der Waals surface area contributed by atoms with Crippen molar-refractivity contribution < 1.29 is 14.3 Å². The third kappa shape index (κ3) is 5.65. The molecule has 0 radical (unpaired) electrons. The standard InChI is InChI=1S/C13H18N2O3S/c1-18-12(16)11(8-9-19-2)15-13(17)14-10-6-4-3-5-7-10/h3-7,11H,8-9H2,1-2H3,(H2,14,15,17). The van der Waals surface area contributed by atoms with Crippen molar-refractivity contribution >= 4 is 29.4 Å². The third-order valence-electron chi connectivity index (χ3n) is 2.43. The molecule has 0 aliphatic heterocycles. The summed E-state index contributed by atoms with van der Waals surface area (Å²) in [7, 11) is 1.31. The highest BCUT2D eigenvalue weighted by Crippen LogP contribution is 2.06. The summed E-state index contributed by atoms with van der Waals surface area (Å²) in [6.07, 6.45) is 2.48. The fourth-order valence-electron chi connectivity index (χ4n) is 1.47. The molecule has 1 atom stereocenters. The number of carbonyl (C=O) groups excluding carboxylic acids is 2. The summed E-state index contributed by atoms with van der Waals surface area (Å²) in [5, 5.41) is 5.28. The van der Waals surface area contributed by atoms with Crippen molar-refractivity contribution in [1.29, 1.82) is 0 Å². The Labute approximate surface area is 117 Å². The molecule has 0 bridgehead atoms. The second kappa shape index (κ2) is 8.42. The molecule has 0 aliphatic rings. The Bertz CT molecular complexity index is 412. The average Bonchev–Trinajstić information content (AvgIpc) is 2.43. The van der Waals surface area contributed by atoms with Gasteiger partial charge in [-0.05, 0) is 30.6 Å². The number of hydrogen-bond donors (Lipinski definition) is 2. The van der Waals surface area contributed by atoms with E-state index < -0.39 is 18.0 Å². The molecular formula is C13H18N2O3S. The summed E-state index contributed by atoms with van der Waals surface area (Å²) in [5.74, 6) is 0.336. The fraction of sp³-hybridized carbons (Fsp3) is 0.385. The van der Waals surface area contributed by atoms with Crippen LogP contribution in [0.15, 0.2) is 30.3 Å². The molecular weight excluding hydrogens is 264 g/mol. The van der Waals surface area contributed by atoms with Gasteiger partial charge in [0, 0.05) is 5.69 Å². The molecule has 104 valence electrons. The Hall–Kier alpha value is -1.69. The molecule has 0 heterocycles. The van der Waals surface area contributed by atoms with Gasteiger partial charge in [0.2, 0.25) is 0 Å². The maximum atomic E-state index is 11.8. The van der Waals surface area contributed by atoms with Gasteiger partial charge in [-0.3, -0.25) is 0 Å². The van der Waals surface area contributed by atoms with Crippen molar-refractivity contribution in [2.45, 2.75) is 12.5 Å². The number of nitrogens with one attached hydrogen (secondary N) is 2. The minimum atomic E-state index is -0.624. The molecule has 1 aromatic carbocycles. The van der Waals surface area contributed by atoms with Gasteiger partial charge in [0.25, 0.3) is 0 Å². The van der Waals surface area contributed by atoms with Gasteiger partial charge >= 0.3 is 12.0 Å². The normalized spacial score (nSPS) is 11.5. The number of carbonyl (C=O) groups is 2. The highest BCUT2D eigenvalue weighted by molar-refractivity contribution is 7.98. The van der Waals surface area contributed by atoms with Crippen LogP contribution in [0.3, 0.4) is 0 Å². The molecule has 0 saturated carbocycles. The Morgan fingerprint density at radius 1 is 1.32 bits per heavy atom. The van der Waals surface area contributed by atoms with Gasteiger partial charge in [-0.1, -0.05) is 18.2 Å². The van der Waals surface area contributed by atoms with Crippen molar-refractivity contribution in [3.05, 3.63) is 30.3 Å². The lowest BCUT2D eigenvalue weighted by molar-refractivity contribution is -0.142. The number of hydrogen-bond acceptors (Lipinski definition) is 4. The molecule has 19 heavy (non-hydrogen) atoms. The number of para-hydroxylation sites is 1. The number of benzene rings is 1. The lowest BCUT2D eigenvalue weighted by Crippen LogP contribution is -2.44. The van der Waals surface area contributed by atoms with Crippen LogP contribution in [0, 0.1) is 0 Å². The molecule has 2 amide bonds. The van der Waals surface area contributed by atoms with Crippen LogP contribution in [0.5, 0.6) is 0 Å². The van der Waals surface area contributed by atoms with E-state index in [-0.39, 0.29) is 0 Å². The number of methoxy groups -OCH3 is 1. The molecule has 0 fully saturated rings. The van der Waals surface area contributed by atoms with Gasteiger partial charge in [0.15, 0.2) is 0 Å². The first-order valence-electron chi connectivity index (χ1n) is 5.86. The maximum absolute atomic E-state index is 11.8. The third-order valence-corrected chi connectivity index (χ3v) is 3.08. The number of urea groups is 1. The first kappa shape index (κ1) is 15.4. The lowest BCUT2D eigenvalue weighted by Gasteiger charge is -2.16. The van der Waals surface area contributed by atoms with E-state index in [1.54, 1.807) is 23.9 Å². The summed E-state index contributed by atoms with van der Waals surface area (Å²) in [6.45, 7) is 0. The largest absolute Gasteiger partial charge is 0.467 e. The number of anilines is 1. The molecule has 0 spiro atoms. The van der Waals surface area contributed by atoms with E-state index in [0.717, 1.165) is 5.75 Å². The zero-order valence-corrected chi connectivity index (χ0v) is 11.8. The number of esters is 1. The minimum absolute atomic E-state index is 0.414. The number of thioether (sulfide) groups is 1. The Balaban J connectivity index is 2.53. The zero-order valence-electron chi connectivity index (χ0n) is 11.0. The monoisotopic (exact) mass is 282 g/mol. The van der Waals surface area contributed by atoms with E-state index in [1.165, 1.54) is 7.11 Å². The summed E-state index contributed by atoms with van der Waals surface area (Å²) >= 11 is 1.61. The van der Waals surface area contributed by atoms with E-state index in [1.807, 2.05) is 24.5 Å². The number of rotatable bonds is 6. The van der Waals surface area contributed by atoms with Crippen LogP contribution in [-0.4, -0.2) is 37.2 Å². The van der Waals surface area contributed by atoms with E-state index >= 15 is 0 Å². The second-order valence-corrected chi connectivity index (χ2v) is 4.81. The molecule has 2 N–H and O–H groups in total. The maximum Gasteiger partial charge on any atom is 0.328 e. The van der Waals surface area contributed by atoms with Crippen LogP contribution >= 0.6 is 11.8 Å². The number of ether oxygens (including phenoxy) is 1. The van der Waals surface area contributed by atoms with Crippen LogP contribution in [0.25, 0.3) is 0 Å². The topological polar surface area (TPSA) is 67.4 Å². The van der Waals surface area contributed by atoms with E-state index in [4.69, 9.17) is 0 Å². The van der Waals surface area contributed by atoms with Gasteiger partial charge in [0.05, 0.1) is 7.11 Å². The van der Waals surface area contributed by atoms with E-state index in [9.17, 15) is 9.59 Å². The summed E-state index contributed by atoms with van der Waals surface area (Å²) < 4.78 is 4.67. The molecule has 0 aromatic heterocycles. The fourth-order valence-corrected chi connectivity index (χ4v) is 1.95. The zero-order chi connectivity index (χ0) is 14.1. The van der Waals surface area contributed by atoms with Crippen LogP contribution < -0.4 is 10.6 Å². The van der Waals surface area contributed by atoms with Crippen LogP contribution in [-0.2, 0) is 9.53 Å². The predicted molar refractivity (Wildman–Crippen MR) is 77.4 cm³/mol. The van der Waals surface area contributed by atoms with Gasteiger partial charge in [0.1, 0.15) is 6.04 Å². The van der Waals surface area contributed by atoms with Crippen LogP contribution in [0.2, 0.25) is 0 Å². The first-order chi connectivity index (χ1) is 9.17. The van der Waals surface area contributed by atoms with Crippen molar-refractivity contribution in [3.8, 4) is 0 Å². The molecule has 0 saturated heterocycles. The van der Waals surface area contributed by atoms with Gasteiger partial charge in [-0.15, -0.1) is 0 Å². The van der Waals surface area contributed by atoms with Gasteiger partial charge in [-0.2, -0.15) is 11.8 Å². The van der Waals surface area contributed by atoms with Gasteiger partial charge in [-0.25, -0.2) is 9.59 Å². The van der Waals surface area contributed by atoms with Crippen LogP contribution in [0.4, 0.5) is 10.5 Å². The van der Waals surface area contributed by atoms with Crippen molar-refractivity contribution in [2.75, 3.05) is 24.4 Å². The quantitative estimate of drug-likeness (QED) is 0.784.